The molecule has 0 amide bonds. The van der Waals surface area contributed by atoms with Crippen molar-refractivity contribution in [2.24, 2.45) is 0 Å². The molecule has 15 heavy (non-hydrogen) atoms. The lowest BCUT2D eigenvalue weighted by Crippen LogP contribution is -2.03. The van der Waals surface area contributed by atoms with Crippen LogP contribution in [0.25, 0.3) is 0 Å². The first-order chi connectivity index (χ1) is 7.30. The van der Waals surface area contributed by atoms with Crippen LogP contribution >= 0.6 is 0 Å². The van der Waals surface area contributed by atoms with Crippen LogP contribution in [0.3, 0.4) is 0 Å². The van der Waals surface area contributed by atoms with E-state index in [-0.39, 0.29) is 6.42 Å². The van der Waals surface area contributed by atoms with Crippen LogP contribution in [0, 0.1) is 11.3 Å². The molecule has 0 spiro atoms. The van der Waals surface area contributed by atoms with E-state index in [9.17, 15) is 0 Å². The van der Waals surface area contributed by atoms with Crippen LogP contribution in [0.4, 0.5) is 0 Å². The van der Waals surface area contributed by atoms with E-state index >= 15 is 0 Å². The molecule has 80 valence electrons. The van der Waals surface area contributed by atoms with Crippen molar-refractivity contribution < 1.29 is 9.47 Å². The Balaban J connectivity index is 2.92. The SMILES string of the molecule is CCOc1cc(OCC)nc(CC#N)n1. The second-order valence-electron chi connectivity index (χ2n) is 2.66. The highest BCUT2D eigenvalue weighted by molar-refractivity contribution is 5.21. The lowest BCUT2D eigenvalue weighted by atomic mass is 10.4. The van der Waals surface area contributed by atoms with Crippen LogP contribution in [0.1, 0.15) is 19.7 Å². The van der Waals surface area contributed by atoms with Gasteiger partial charge < -0.3 is 9.47 Å². The van der Waals surface area contributed by atoms with E-state index in [2.05, 4.69) is 9.97 Å². The summed E-state index contributed by atoms with van der Waals surface area (Å²) in [5.74, 6) is 1.31. The molecule has 0 aliphatic heterocycles. The van der Waals surface area contributed by atoms with Crippen LogP contribution in [-0.4, -0.2) is 23.2 Å². The van der Waals surface area contributed by atoms with Gasteiger partial charge >= 0.3 is 0 Å². The lowest BCUT2D eigenvalue weighted by molar-refractivity contribution is 0.303. The van der Waals surface area contributed by atoms with Gasteiger partial charge in [-0.25, -0.2) is 0 Å². The van der Waals surface area contributed by atoms with Gasteiger partial charge in [-0.2, -0.15) is 15.2 Å². The maximum atomic E-state index is 8.55. The van der Waals surface area contributed by atoms with Crippen molar-refractivity contribution >= 4 is 0 Å². The number of nitriles is 1. The molecule has 0 atom stereocenters. The van der Waals surface area contributed by atoms with E-state index in [1.165, 1.54) is 0 Å². The van der Waals surface area contributed by atoms with Crippen LogP contribution < -0.4 is 9.47 Å². The van der Waals surface area contributed by atoms with Crippen molar-refractivity contribution in [3.63, 3.8) is 0 Å². The molecule has 0 unspecified atom stereocenters. The fourth-order valence-electron chi connectivity index (χ4n) is 1.04. The number of hydrogen-bond acceptors (Lipinski definition) is 5. The zero-order valence-corrected chi connectivity index (χ0v) is 8.86. The molecule has 1 heterocycles. The third-order valence-electron chi connectivity index (χ3n) is 1.55. The van der Waals surface area contributed by atoms with Gasteiger partial charge in [0.1, 0.15) is 5.82 Å². The predicted octanol–water partition coefficient (Wildman–Crippen LogP) is 1.34. The van der Waals surface area contributed by atoms with Gasteiger partial charge in [-0.05, 0) is 13.8 Å². The second kappa shape index (κ2) is 5.81. The molecule has 5 nitrogen and oxygen atoms in total. The van der Waals surface area contributed by atoms with E-state index in [1.54, 1.807) is 6.07 Å². The van der Waals surface area contributed by atoms with Crippen molar-refractivity contribution in [1.29, 1.82) is 5.26 Å². The first-order valence-corrected chi connectivity index (χ1v) is 4.80. The summed E-state index contributed by atoms with van der Waals surface area (Å²) in [6.07, 6.45) is 0.154. The summed E-state index contributed by atoms with van der Waals surface area (Å²) in [4.78, 5) is 8.12. The topological polar surface area (TPSA) is 68.0 Å². The van der Waals surface area contributed by atoms with E-state index in [0.717, 1.165) is 0 Å². The number of nitrogens with zero attached hydrogens (tertiary/aromatic N) is 3. The van der Waals surface area contributed by atoms with Crippen molar-refractivity contribution in [2.45, 2.75) is 20.3 Å². The molecular weight excluding hydrogens is 194 g/mol. The highest BCUT2D eigenvalue weighted by Crippen LogP contribution is 2.15. The molecular formula is C10H13N3O2. The first kappa shape index (κ1) is 11.2. The minimum Gasteiger partial charge on any atom is -0.478 e. The zero-order chi connectivity index (χ0) is 11.1. The van der Waals surface area contributed by atoms with Crippen LogP contribution in [0.5, 0.6) is 11.8 Å². The fraction of sp³-hybridized carbons (Fsp3) is 0.500. The number of hydrogen-bond donors (Lipinski definition) is 0. The summed E-state index contributed by atoms with van der Waals surface area (Å²) in [6, 6.07) is 3.61. The third-order valence-corrected chi connectivity index (χ3v) is 1.55. The largest absolute Gasteiger partial charge is 0.478 e. The Morgan fingerprint density at radius 1 is 1.20 bits per heavy atom. The van der Waals surface area contributed by atoms with E-state index in [0.29, 0.717) is 30.8 Å². The minimum atomic E-state index is 0.154. The number of ether oxygens (including phenoxy) is 2. The smallest absolute Gasteiger partial charge is 0.220 e. The monoisotopic (exact) mass is 207 g/mol. The maximum Gasteiger partial charge on any atom is 0.220 e. The summed E-state index contributed by atoms with van der Waals surface area (Å²) in [6.45, 7) is 4.78. The molecule has 0 aliphatic rings. The van der Waals surface area contributed by atoms with E-state index in [1.807, 2.05) is 19.9 Å². The van der Waals surface area contributed by atoms with Gasteiger partial charge in [0.2, 0.25) is 11.8 Å². The standard InChI is InChI=1S/C10H13N3O2/c1-3-14-9-7-10(15-4-2)13-8(12-9)5-6-11/h7H,3-5H2,1-2H3. The Kier molecular flexibility index (Phi) is 4.35. The molecule has 0 N–H and O–H groups in total. The van der Waals surface area contributed by atoms with Crippen molar-refractivity contribution in [1.82, 2.24) is 9.97 Å². The zero-order valence-electron chi connectivity index (χ0n) is 8.86. The lowest BCUT2D eigenvalue weighted by Gasteiger charge is -2.06. The highest BCUT2D eigenvalue weighted by atomic mass is 16.5. The van der Waals surface area contributed by atoms with Crippen LogP contribution in [-0.2, 0) is 6.42 Å². The number of rotatable bonds is 5. The average molecular weight is 207 g/mol. The first-order valence-electron chi connectivity index (χ1n) is 4.80. The van der Waals surface area contributed by atoms with Crippen molar-refractivity contribution in [2.75, 3.05) is 13.2 Å². The fourth-order valence-corrected chi connectivity index (χ4v) is 1.04. The summed E-state index contributed by atoms with van der Waals surface area (Å²) in [7, 11) is 0. The van der Waals surface area contributed by atoms with Crippen molar-refractivity contribution in [3.05, 3.63) is 11.9 Å². The van der Waals surface area contributed by atoms with Gasteiger partial charge in [0.15, 0.2) is 0 Å². The molecule has 1 rings (SSSR count). The Labute approximate surface area is 88.7 Å². The van der Waals surface area contributed by atoms with Crippen molar-refractivity contribution in [3.8, 4) is 17.8 Å². The van der Waals surface area contributed by atoms with Gasteiger partial charge in [-0.1, -0.05) is 0 Å². The molecule has 1 aromatic heterocycles. The summed E-state index contributed by atoms with van der Waals surface area (Å²) in [5, 5.41) is 8.55. The number of aromatic nitrogens is 2. The summed E-state index contributed by atoms with van der Waals surface area (Å²) in [5.41, 5.74) is 0. The van der Waals surface area contributed by atoms with Gasteiger partial charge in [-0.15, -0.1) is 0 Å². The Morgan fingerprint density at radius 2 is 1.73 bits per heavy atom. The second-order valence-corrected chi connectivity index (χ2v) is 2.66. The average Bonchev–Trinajstić information content (AvgIpc) is 2.19. The minimum absolute atomic E-state index is 0.154. The van der Waals surface area contributed by atoms with Gasteiger partial charge in [0, 0.05) is 0 Å². The van der Waals surface area contributed by atoms with Crippen LogP contribution in [0.15, 0.2) is 6.07 Å². The van der Waals surface area contributed by atoms with Gasteiger partial charge in [0.25, 0.3) is 0 Å². The molecule has 0 saturated carbocycles. The Hall–Kier alpha value is -1.83. The summed E-state index contributed by atoms with van der Waals surface area (Å²) >= 11 is 0. The molecule has 0 fully saturated rings. The third kappa shape index (κ3) is 3.43. The molecule has 1 aromatic rings. The van der Waals surface area contributed by atoms with E-state index < -0.39 is 0 Å². The van der Waals surface area contributed by atoms with Gasteiger partial charge in [-0.3, -0.25) is 0 Å². The molecule has 5 heteroatoms. The molecule has 0 aromatic carbocycles. The molecule has 0 saturated heterocycles. The van der Waals surface area contributed by atoms with Crippen LogP contribution in [0.2, 0.25) is 0 Å². The highest BCUT2D eigenvalue weighted by Gasteiger charge is 2.05. The Bertz CT molecular complexity index is 336. The quantitative estimate of drug-likeness (QED) is 0.728. The Morgan fingerprint density at radius 3 is 2.13 bits per heavy atom. The predicted molar refractivity (Wildman–Crippen MR) is 53.7 cm³/mol. The summed E-state index contributed by atoms with van der Waals surface area (Å²) < 4.78 is 10.5. The maximum absolute atomic E-state index is 8.55. The normalized spacial score (nSPS) is 9.40. The van der Waals surface area contributed by atoms with Gasteiger partial charge in [0.05, 0.1) is 31.8 Å². The molecule has 0 bridgehead atoms. The van der Waals surface area contributed by atoms with E-state index in [4.69, 9.17) is 14.7 Å². The molecule has 0 aliphatic carbocycles. The molecule has 0 radical (unpaired) electrons.